The first kappa shape index (κ1) is 17.0. The smallest absolute Gasteiger partial charge is 0.252 e. The molecule has 1 saturated carbocycles. The predicted molar refractivity (Wildman–Crippen MR) is 90.1 cm³/mol. The van der Waals surface area contributed by atoms with E-state index in [1.54, 1.807) is 0 Å². The summed E-state index contributed by atoms with van der Waals surface area (Å²) in [6.07, 6.45) is 8.55. The Morgan fingerprint density at radius 2 is 2.00 bits per heavy atom. The lowest BCUT2D eigenvalue weighted by atomic mass is 10.1. The summed E-state index contributed by atoms with van der Waals surface area (Å²) in [5.41, 5.74) is 0.701. The Bertz CT molecular complexity index is 465. The molecule has 0 unspecified atom stereocenters. The fraction of sp³-hybridized carbons (Fsp3) is 0.647. The molecule has 22 heavy (non-hydrogen) atoms. The van der Waals surface area contributed by atoms with Crippen molar-refractivity contribution >= 4 is 23.2 Å². The monoisotopic (exact) mass is 322 g/mol. The van der Waals surface area contributed by atoms with E-state index in [4.69, 9.17) is 0 Å². The maximum absolute atomic E-state index is 12.2. The summed E-state index contributed by atoms with van der Waals surface area (Å²) in [6.45, 7) is 0.554. The number of carbonyl (C=O) groups excluding carboxylic acids is 2. The minimum Gasteiger partial charge on any atom is -0.352 e. The van der Waals surface area contributed by atoms with Crippen LogP contribution in [0.25, 0.3) is 0 Å². The number of nitrogens with zero attached hydrogens (tertiary/aromatic N) is 1. The van der Waals surface area contributed by atoms with Gasteiger partial charge in [0.25, 0.3) is 5.91 Å². The van der Waals surface area contributed by atoms with Crippen molar-refractivity contribution in [3.05, 3.63) is 22.4 Å². The number of thiophene rings is 1. The van der Waals surface area contributed by atoms with Gasteiger partial charge in [-0.05, 0) is 30.7 Å². The van der Waals surface area contributed by atoms with Gasteiger partial charge in [0, 0.05) is 37.0 Å². The molecule has 1 aliphatic rings. The van der Waals surface area contributed by atoms with Crippen LogP contribution in [0.4, 0.5) is 0 Å². The lowest BCUT2D eigenvalue weighted by Gasteiger charge is -2.27. The van der Waals surface area contributed by atoms with Gasteiger partial charge in [-0.2, -0.15) is 11.3 Å². The lowest BCUT2D eigenvalue weighted by Crippen LogP contribution is -2.37. The molecule has 0 aliphatic heterocycles. The van der Waals surface area contributed by atoms with Gasteiger partial charge in [-0.1, -0.05) is 25.7 Å². The second-order valence-corrected chi connectivity index (χ2v) is 6.80. The highest BCUT2D eigenvalue weighted by Crippen LogP contribution is 2.21. The van der Waals surface area contributed by atoms with E-state index in [2.05, 4.69) is 5.32 Å². The maximum Gasteiger partial charge on any atom is 0.252 e. The number of hydrogen-bond donors (Lipinski definition) is 1. The predicted octanol–water partition coefficient (Wildman–Crippen LogP) is 3.44. The fourth-order valence-electron chi connectivity index (χ4n) is 2.96. The van der Waals surface area contributed by atoms with Crippen molar-refractivity contribution in [1.29, 1.82) is 0 Å². The van der Waals surface area contributed by atoms with E-state index >= 15 is 0 Å². The molecule has 0 bridgehead atoms. The molecule has 1 fully saturated rings. The summed E-state index contributed by atoms with van der Waals surface area (Å²) in [5.74, 6) is 0.155. The van der Waals surface area contributed by atoms with Crippen molar-refractivity contribution < 1.29 is 9.59 Å². The number of carbonyl (C=O) groups is 2. The van der Waals surface area contributed by atoms with Gasteiger partial charge in [0.05, 0.1) is 0 Å². The van der Waals surface area contributed by atoms with Gasteiger partial charge >= 0.3 is 0 Å². The van der Waals surface area contributed by atoms with Crippen LogP contribution in [0.15, 0.2) is 16.8 Å². The van der Waals surface area contributed by atoms with Crippen LogP contribution in [0, 0.1) is 0 Å². The molecule has 5 heteroatoms. The molecular weight excluding hydrogens is 296 g/mol. The number of amides is 2. The van der Waals surface area contributed by atoms with Crippen LogP contribution in [-0.4, -0.2) is 36.3 Å². The summed E-state index contributed by atoms with van der Waals surface area (Å²) in [4.78, 5) is 25.9. The van der Waals surface area contributed by atoms with E-state index in [9.17, 15) is 9.59 Å². The van der Waals surface area contributed by atoms with Gasteiger partial charge in [-0.25, -0.2) is 0 Å². The molecule has 1 aromatic heterocycles. The molecule has 0 aromatic carbocycles. The Balaban J connectivity index is 1.65. The average molecular weight is 322 g/mol. The normalized spacial score (nSPS) is 16.0. The van der Waals surface area contributed by atoms with Crippen molar-refractivity contribution in [3.8, 4) is 0 Å². The molecule has 1 N–H and O–H groups in total. The van der Waals surface area contributed by atoms with Crippen LogP contribution in [0.5, 0.6) is 0 Å². The quantitative estimate of drug-likeness (QED) is 0.644. The molecule has 1 aromatic rings. The summed E-state index contributed by atoms with van der Waals surface area (Å²) >= 11 is 1.51. The first-order chi connectivity index (χ1) is 10.7. The van der Waals surface area contributed by atoms with Crippen LogP contribution in [0.2, 0.25) is 0 Å². The van der Waals surface area contributed by atoms with Crippen molar-refractivity contribution in [2.75, 3.05) is 13.6 Å². The fourth-order valence-corrected chi connectivity index (χ4v) is 3.60. The second kappa shape index (κ2) is 8.93. The van der Waals surface area contributed by atoms with Crippen LogP contribution in [-0.2, 0) is 4.79 Å². The molecule has 2 rings (SSSR count). The molecule has 0 spiro atoms. The zero-order chi connectivity index (χ0) is 15.8. The number of hydrogen-bond acceptors (Lipinski definition) is 3. The molecular formula is C17H26N2O2S. The highest BCUT2D eigenvalue weighted by molar-refractivity contribution is 7.08. The molecule has 4 nitrogen and oxygen atoms in total. The second-order valence-electron chi connectivity index (χ2n) is 6.02. The van der Waals surface area contributed by atoms with Gasteiger partial charge in [-0.3, -0.25) is 9.59 Å². The Morgan fingerprint density at radius 1 is 1.27 bits per heavy atom. The molecule has 0 atom stereocenters. The van der Waals surface area contributed by atoms with E-state index < -0.39 is 0 Å². The number of nitrogens with one attached hydrogen (secondary N) is 1. The van der Waals surface area contributed by atoms with E-state index in [-0.39, 0.29) is 11.8 Å². The third kappa shape index (κ3) is 5.13. The van der Waals surface area contributed by atoms with Gasteiger partial charge in [0.2, 0.25) is 5.91 Å². The summed E-state index contributed by atoms with van der Waals surface area (Å²) in [7, 11) is 1.93. The Labute approximate surface area is 136 Å². The van der Waals surface area contributed by atoms with Crippen LogP contribution in [0.1, 0.15) is 61.7 Å². The van der Waals surface area contributed by atoms with E-state index in [0.717, 1.165) is 12.8 Å². The highest BCUT2D eigenvalue weighted by atomic mass is 32.1. The third-order valence-electron chi connectivity index (χ3n) is 4.40. The van der Waals surface area contributed by atoms with E-state index in [1.165, 1.54) is 37.0 Å². The largest absolute Gasteiger partial charge is 0.352 e. The molecule has 1 aliphatic carbocycles. The third-order valence-corrected chi connectivity index (χ3v) is 5.09. The zero-order valence-corrected chi connectivity index (χ0v) is 14.2. The first-order valence-corrected chi connectivity index (χ1v) is 9.19. The van der Waals surface area contributed by atoms with Crippen molar-refractivity contribution in [2.45, 2.75) is 57.4 Å². The van der Waals surface area contributed by atoms with E-state index in [1.807, 2.05) is 28.8 Å². The Kier molecular flexibility index (Phi) is 6.90. The van der Waals surface area contributed by atoms with Gasteiger partial charge < -0.3 is 10.2 Å². The summed E-state index contributed by atoms with van der Waals surface area (Å²) in [6, 6.07) is 2.22. The molecule has 2 amide bonds. The van der Waals surface area contributed by atoms with Crippen molar-refractivity contribution in [1.82, 2.24) is 10.2 Å². The van der Waals surface area contributed by atoms with Crippen LogP contribution in [0.3, 0.4) is 0 Å². The van der Waals surface area contributed by atoms with Gasteiger partial charge in [-0.15, -0.1) is 0 Å². The van der Waals surface area contributed by atoms with Crippen molar-refractivity contribution in [2.24, 2.45) is 0 Å². The SMILES string of the molecule is CN(C(=O)CCCNC(=O)c1ccsc1)C1CCCCCC1. The standard InChI is InChI=1S/C17H26N2O2S/c1-19(15-7-4-2-3-5-8-15)16(20)9-6-11-18-17(21)14-10-12-22-13-14/h10,12-13,15H,2-9,11H2,1H3,(H,18,21). The van der Waals surface area contributed by atoms with Gasteiger partial charge in [0.15, 0.2) is 0 Å². The average Bonchev–Trinajstić information content (AvgIpc) is 2.93. The minimum atomic E-state index is -0.0502. The first-order valence-electron chi connectivity index (χ1n) is 8.24. The summed E-state index contributed by atoms with van der Waals surface area (Å²) in [5, 5.41) is 6.59. The van der Waals surface area contributed by atoms with Gasteiger partial charge in [0.1, 0.15) is 0 Å². The molecule has 1 heterocycles. The Hall–Kier alpha value is -1.36. The zero-order valence-electron chi connectivity index (χ0n) is 13.3. The molecule has 0 radical (unpaired) electrons. The maximum atomic E-state index is 12.2. The van der Waals surface area contributed by atoms with E-state index in [0.29, 0.717) is 31.0 Å². The molecule has 0 saturated heterocycles. The van der Waals surface area contributed by atoms with Crippen LogP contribution >= 0.6 is 11.3 Å². The lowest BCUT2D eigenvalue weighted by molar-refractivity contribution is -0.132. The number of rotatable bonds is 6. The minimum absolute atomic E-state index is 0.0502. The highest BCUT2D eigenvalue weighted by Gasteiger charge is 2.20. The topological polar surface area (TPSA) is 49.4 Å². The summed E-state index contributed by atoms with van der Waals surface area (Å²) < 4.78 is 0. The van der Waals surface area contributed by atoms with Crippen LogP contribution < -0.4 is 5.32 Å². The molecule has 122 valence electrons. The Morgan fingerprint density at radius 3 is 2.64 bits per heavy atom. The van der Waals surface area contributed by atoms with Crippen molar-refractivity contribution in [3.63, 3.8) is 0 Å².